The van der Waals surface area contributed by atoms with Crippen molar-refractivity contribution in [3.05, 3.63) is 70.8 Å². The molecule has 0 radical (unpaired) electrons. The third-order valence-corrected chi connectivity index (χ3v) is 4.74. The molecule has 0 aliphatic rings. The molecule has 2 amide bonds. The Morgan fingerprint density at radius 1 is 0.906 bits per heavy atom. The molecule has 6 N–H and O–H groups in total. The second-order valence-corrected chi connectivity index (χ2v) is 9.82. The number of nitrogens with one attached hydrogen (secondary N) is 2. The van der Waals surface area contributed by atoms with Gasteiger partial charge in [-0.2, -0.15) is 0 Å². The van der Waals surface area contributed by atoms with E-state index in [0.717, 1.165) is 24.2 Å². The van der Waals surface area contributed by atoms with Gasteiger partial charge in [-0.25, -0.2) is 0 Å². The molecular formula is C26H34N4O2. The third kappa shape index (κ3) is 8.18. The van der Waals surface area contributed by atoms with Crippen molar-refractivity contribution in [2.75, 3.05) is 6.54 Å². The van der Waals surface area contributed by atoms with E-state index in [9.17, 15) is 9.59 Å². The van der Waals surface area contributed by atoms with E-state index in [1.807, 2.05) is 12.1 Å². The van der Waals surface area contributed by atoms with Crippen LogP contribution in [0.15, 0.2) is 48.5 Å². The van der Waals surface area contributed by atoms with Crippen LogP contribution in [0.4, 0.5) is 0 Å². The minimum Gasteiger partial charge on any atom is -0.368 e. The molecule has 2 aromatic rings. The molecule has 0 fully saturated rings. The molecule has 1 atom stereocenters. The van der Waals surface area contributed by atoms with Gasteiger partial charge in [0.25, 0.3) is 5.91 Å². The molecule has 2 aromatic carbocycles. The first-order valence-electron chi connectivity index (χ1n) is 10.7. The molecule has 0 aliphatic carbocycles. The van der Waals surface area contributed by atoms with Crippen LogP contribution in [0.1, 0.15) is 61.7 Å². The monoisotopic (exact) mass is 434 g/mol. The van der Waals surface area contributed by atoms with Gasteiger partial charge < -0.3 is 22.1 Å². The van der Waals surface area contributed by atoms with E-state index in [1.54, 1.807) is 38.1 Å². The van der Waals surface area contributed by atoms with Crippen LogP contribution >= 0.6 is 0 Å². The van der Waals surface area contributed by atoms with Crippen LogP contribution < -0.4 is 22.1 Å². The van der Waals surface area contributed by atoms with E-state index in [0.29, 0.717) is 5.56 Å². The highest BCUT2D eigenvalue weighted by molar-refractivity contribution is 5.97. The number of primary amides is 1. The summed E-state index contributed by atoms with van der Waals surface area (Å²) in [6.07, 6.45) is 0. The topological polar surface area (TPSA) is 110 Å². The molecule has 6 nitrogen and oxygen atoms in total. The Kier molecular flexibility index (Phi) is 8.20. The largest absolute Gasteiger partial charge is 0.368 e. The molecule has 0 spiro atoms. The van der Waals surface area contributed by atoms with Gasteiger partial charge in [0, 0.05) is 35.3 Å². The van der Waals surface area contributed by atoms with Crippen LogP contribution in [-0.2, 0) is 11.3 Å². The maximum Gasteiger partial charge on any atom is 0.251 e. The molecule has 0 aromatic heterocycles. The van der Waals surface area contributed by atoms with E-state index < -0.39 is 23.4 Å². The van der Waals surface area contributed by atoms with Crippen molar-refractivity contribution in [1.82, 2.24) is 10.6 Å². The molecule has 0 aliphatic heterocycles. The molecule has 2 rings (SSSR count). The smallest absolute Gasteiger partial charge is 0.251 e. The molecule has 1 unspecified atom stereocenters. The van der Waals surface area contributed by atoms with Gasteiger partial charge >= 0.3 is 0 Å². The number of rotatable bonds is 7. The van der Waals surface area contributed by atoms with Gasteiger partial charge in [0.2, 0.25) is 5.91 Å². The van der Waals surface area contributed by atoms with E-state index >= 15 is 0 Å². The zero-order chi connectivity index (χ0) is 23.9. The van der Waals surface area contributed by atoms with E-state index in [-0.39, 0.29) is 5.41 Å². The van der Waals surface area contributed by atoms with Crippen molar-refractivity contribution in [3.8, 4) is 11.8 Å². The fourth-order valence-corrected chi connectivity index (χ4v) is 2.98. The predicted octanol–water partition coefficient (Wildman–Crippen LogP) is 2.54. The number of hydrogen-bond acceptors (Lipinski definition) is 4. The lowest BCUT2D eigenvalue weighted by atomic mass is 9.95. The van der Waals surface area contributed by atoms with Crippen LogP contribution in [0.25, 0.3) is 0 Å². The summed E-state index contributed by atoms with van der Waals surface area (Å²) in [6, 6.07) is 14.0. The van der Waals surface area contributed by atoms with Crippen molar-refractivity contribution >= 4 is 11.8 Å². The Morgan fingerprint density at radius 3 is 1.84 bits per heavy atom. The molecular weight excluding hydrogens is 400 g/mol. The number of carbonyl (C=O) groups excluding carboxylic acids is 2. The Morgan fingerprint density at radius 2 is 1.41 bits per heavy atom. The highest BCUT2D eigenvalue weighted by Crippen LogP contribution is 2.12. The summed E-state index contributed by atoms with van der Waals surface area (Å²) in [5, 5.41) is 6.06. The summed E-state index contributed by atoms with van der Waals surface area (Å²) < 4.78 is 0. The first-order valence-corrected chi connectivity index (χ1v) is 10.7. The van der Waals surface area contributed by atoms with Gasteiger partial charge in [-0.1, -0.05) is 44.7 Å². The second-order valence-electron chi connectivity index (χ2n) is 9.82. The summed E-state index contributed by atoms with van der Waals surface area (Å²) in [4.78, 5) is 24.0. The molecule has 170 valence electrons. The Labute approximate surface area is 191 Å². The zero-order valence-electron chi connectivity index (χ0n) is 19.6. The number of nitrogens with two attached hydrogens (primary N) is 2. The van der Waals surface area contributed by atoms with Gasteiger partial charge in [-0.3, -0.25) is 9.59 Å². The van der Waals surface area contributed by atoms with Crippen molar-refractivity contribution in [1.29, 1.82) is 0 Å². The lowest BCUT2D eigenvalue weighted by Gasteiger charge is -2.28. The standard InChI is InChI=1S/C26H34N4O2/c1-25(2,3)17-29-16-20-10-8-18(9-11-20)6-7-19-12-14-21(15-13-19)24(32)30-22(23(27)31)26(4,5)28/h8-15,22,29H,16-17,28H2,1-5H3,(H2,27,31)(H,30,32). The van der Waals surface area contributed by atoms with Crippen molar-refractivity contribution in [3.63, 3.8) is 0 Å². The Bertz CT molecular complexity index is 986. The summed E-state index contributed by atoms with van der Waals surface area (Å²) in [7, 11) is 0. The lowest BCUT2D eigenvalue weighted by Crippen LogP contribution is -2.60. The minimum absolute atomic E-state index is 0.256. The third-order valence-electron chi connectivity index (χ3n) is 4.74. The maximum absolute atomic E-state index is 12.4. The SMILES string of the molecule is CC(C)(C)CNCc1ccc(C#Cc2ccc(C(=O)NC(C(N)=O)C(C)(C)N)cc2)cc1. The van der Waals surface area contributed by atoms with Gasteiger partial charge in [-0.15, -0.1) is 0 Å². The number of carbonyl (C=O) groups is 2. The second kappa shape index (κ2) is 10.4. The highest BCUT2D eigenvalue weighted by Gasteiger charge is 2.31. The fourth-order valence-electron chi connectivity index (χ4n) is 2.98. The van der Waals surface area contributed by atoms with E-state index in [2.05, 4.69) is 55.4 Å². The maximum atomic E-state index is 12.4. The molecule has 0 heterocycles. The average molecular weight is 435 g/mol. The average Bonchev–Trinajstić information content (AvgIpc) is 2.69. The van der Waals surface area contributed by atoms with Crippen molar-refractivity contribution in [2.24, 2.45) is 16.9 Å². The predicted molar refractivity (Wildman–Crippen MR) is 129 cm³/mol. The molecule has 32 heavy (non-hydrogen) atoms. The normalized spacial score (nSPS) is 12.4. The fraction of sp³-hybridized carbons (Fsp3) is 0.385. The molecule has 0 saturated heterocycles. The Hall–Kier alpha value is -3.14. The quantitative estimate of drug-likeness (QED) is 0.502. The van der Waals surface area contributed by atoms with Crippen LogP contribution in [0.2, 0.25) is 0 Å². The zero-order valence-corrected chi connectivity index (χ0v) is 19.6. The Balaban J connectivity index is 1.98. The molecule has 0 bridgehead atoms. The van der Waals surface area contributed by atoms with Crippen LogP contribution in [0, 0.1) is 17.3 Å². The molecule has 0 saturated carbocycles. The molecule has 6 heteroatoms. The van der Waals surface area contributed by atoms with Crippen LogP contribution in [0.5, 0.6) is 0 Å². The summed E-state index contributed by atoms with van der Waals surface area (Å²) in [5.41, 5.74) is 13.9. The van der Waals surface area contributed by atoms with E-state index in [4.69, 9.17) is 11.5 Å². The van der Waals surface area contributed by atoms with E-state index in [1.165, 1.54) is 5.56 Å². The van der Waals surface area contributed by atoms with Crippen molar-refractivity contribution < 1.29 is 9.59 Å². The van der Waals surface area contributed by atoms with Crippen molar-refractivity contribution in [2.45, 2.75) is 52.7 Å². The summed E-state index contributed by atoms with van der Waals surface area (Å²) in [5.74, 6) is 5.15. The number of hydrogen-bond donors (Lipinski definition) is 4. The summed E-state index contributed by atoms with van der Waals surface area (Å²) in [6.45, 7) is 11.7. The lowest BCUT2D eigenvalue weighted by molar-refractivity contribution is -0.121. The van der Waals surface area contributed by atoms with Gasteiger partial charge in [0.05, 0.1) is 0 Å². The van der Waals surface area contributed by atoms with Gasteiger partial charge in [-0.05, 0) is 61.2 Å². The van der Waals surface area contributed by atoms with Gasteiger partial charge in [0.15, 0.2) is 0 Å². The first kappa shape index (κ1) is 25.1. The minimum atomic E-state index is -0.971. The first-order chi connectivity index (χ1) is 14.8. The van der Waals surface area contributed by atoms with Gasteiger partial charge in [0.1, 0.15) is 6.04 Å². The van der Waals surface area contributed by atoms with Crippen LogP contribution in [-0.4, -0.2) is 29.9 Å². The highest BCUT2D eigenvalue weighted by atomic mass is 16.2. The number of amides is 2. The summed E-state index contributed by atoms with van der Waals surface area (Å²) >= 11 is 0. The van der Waals surface area contributed by atoms with Crippen LogP contribution in [0.3, 0.4) is 0 Å². The number of benzene rings is 2.